The average molecular weight is 314 g/mol. The lowest BCUT2D eigenvalue weighted by Gasteiger charge is -2.19. The molecule has 0 aliphatic heterocycles. The van der Waals surface area contributed by atoms with Crippen molar-refractivity contribution in [3.63, 3.8) is 0 Å². The van der Waals surface area contributed by atoms with Gasteiger partial charge in [0.2, 0.25) is 0 Å². The van der Waals surface area contributed by atoms with Gasteiger partial charge in [-0.15, -0.1) is 0 Å². The van der Waals surface area contributed by atoms with Crippen LogP contribution in [0.15, 0.2) is 36.4 Å². The molecule has 2 N–H and O–H groups in total. The third kappa shape index (κ3) is 4.03. The third-order valence-electron chi connectivity index (χ3n) is 3.68. The van der Waals surface area contributed by atoms with Gasteiger partial charge in [-0.3, -0.25) is 0 Å². The second-order valence-electron chi connectivity index (χ2n) is 6.69. The van der Waals surface area contributed by atoms with Crippen molar-refractivity contribution in [3.05, 3.63) is 58.7 Å². The molecule has 4 nitrogen and oxygen atoms in total. The first-order chi connectivity index (χ1) is 10.7. The summed E-state index contributed by atoms with van der Waals surface area (Å²) in [4.78, 5) is 11.1. The van der Waals surface area contributed by atoms with Crippen LogP contribution in [-0.2, 0) is 12.0 Å². The lowest BCUT2D eigenvalue weighted by atomic mass is 9.87. The Morgan fingerprint density at radius 3 is 2.26 bits per heavy atom. The molecule has 0 heterocycles. The number of aryl methyl sites for hydroxylation is 1. The fourth-order valence-electron chi connectivity index (χ4n) is 2.34. The highest BCUT2D eigenvalue weighted by molar-refractivity contribution is 5.91. The number of aromatic hydroxyl groups is 1. The molecule has 0 radical (unpaired) electrons. The number of carboxylic acids is 1. The van der Waals surface area contributed by atoms with E-state index in [1.807, 2.05) is 24.3 Å². The van der Waals surface area contributed by atoms with Crippen LogP contribution in [-0.4, -0.2) is 16.2 Å². The van der Waals surface area contributed by atoms with E-state index in [1.165, 1.54) is 11.6 Å². The maximum atomic E-state index is 11.1. The van der Waals surface area contributed by atoms with Gasteiger partial charge in [-0.05, 0) is 47.7 Å². The Balaban J connectivity index is 2.17. The van der Waals surface area contributed by atoms with Crippen LogP contribution >= 0.6 is 0 Å². The molecular weight excluding hydrogens is 292 g/mol. The van der Waals surface area contributed by atoms with Crippen molar-refractivity contribution in [2.45, 2.75) is 39.7 Å². The van der Waals surface area contributed by atoms with Crippen LogP contribution in [0.25, 0.3) is 0 Å². The van der Waals surface area contributed by atoms with Crippen molar-refractivity contribution in [2.75, 3.05) is 0 Å². The zero-order valence-corrected chi connectivity index (χ0v) is 13.9. The third-order valence-corrected chi connectivity index (χ3v) is 3.68. The molecule has 122 valence electrons. The van der Waals surface area contributed by atoms with Gasteiger partial charge in [0.05, 0.1) is 0 Å². The van der Waals surface area contributed by atoms with E-state index in [4.69, 9.17) is 9.84 Å². The highest BCUT2D eigenvalue weighted by Crippen LogP contribution is 2.27. The number of ether oxygens (including phenoxy) is 1. The van der Waals surface area contributed by atoms with E-state index < -0.39 is 5.97 Å². The molecule has 0 amide bonds. The zero-order valence-electron chi connectivity index (χ0n) is 13.9. The quantitative estimate of drug-likeness (QED) is 0.884. The molecule has 0 spiro atoms. The summed E-state index contributed by atoms with van der Waals surface area (Å²) in [5.41, 5.74) is 2.40. The van der Waals surface area contributed by atoms with Crippen molar-refractivity contribution in [1.82, 2.24) is 0 Å². The second kappa shape index (κ2) is 6.32. The van der Waals surface area contributed by atoms with E-state index in [0.717, 1.165) is 5.56 Å². The summed E-state index contributed by atoms with van der Waals surface area (Å²) in [6, 6.07) is 10.9. The lowest BCUT2D eigenvalue weighted by molar-refractivity contribution is 0.0693. The normalized spacial score (nSPS) is 11.3. The number of benzene rings is 2. The van der Waals surface area contributed by atoms with Gasteiger partial charge in [0, 0.05) is 5.56 Å². The predicted molar refractivity (Wildman–Crippen MR) is 89.3 cm³/mol. The molecule has 4 heteroatoms. The van der Waals surface area contributed by atoms with Crippen LogP contribution in [0.1, 0.15) is 47.8 Å². The van der Waals surface area contributed by atoms with E-state index in [1.54, 1.807) is 13.0 Å². The van der Waals surface area contributed by atoms with Crippen LogP contribution in [0.2, 0.25) is 0 Å². The van der Waals surface area contributed by atoms with Gasteiger partial charge >= 0.3 is 5.97 Å². The standard InChI is InChI=1S/C19H22O4/c1-12-9-13(17(20)16(10-12)18(21)22)11-23-15-7-5-14(6-8-15)19(2,3)4/h5-10,20H,11H2,1-4H3,(H,21,22). The van der Waals surface area contributed by atoms with E-state index in [2.05, 4.69) is 20.8 Å². The van der Waals surface area contributed by atoms with Gasteiger partial charge in [0.15, 0.2) is 0 Å². The van der Waals surface area contributed by atoms with Gasteiger partial charge in [-0.2, -0.15) is 0 Å². The van der Waals surface area contributed by atoms with Crippen molar-refractivity contribution in [1.29, 1.82) is 0 Å². The van der Waals surface area contributed by atoms with Crippen LogP contribution in [0.3, 0.4) is 0 Å². The molecule has 0 fully saturated rings. The highest BCUT2D eigenvalue weighted by Gasteiger charge is 2.16. The van der Waals surface area contributed by atoms with E-state index >= 15 is 0 Å². The average Bonchev–Trinajstić information content (AvgIpc) is 2.47. The highest BCUT2D eigenvalue weighted by atomic mass is 16.5. The molecule has 0 aromatic heterocycles. The van der Waals surface area contributed by atoms with E-state index in [-0.39, 0.29) is 23.3 Å². The Bertz CT molecular complexity index is 709. The van der Waals surface area contributed by atoms with Gasteiger partial charge < -0.3 is 14.9 Å². The van der Waals surface area contributed by atoms with Gasteiger partial charge in [0.1, 0.15) is 23.7 Å². The molecule has 0 bridgehead atoms. The van der Waals surface area contributed by atoms with Crippen molar-refractivity contribution in [3.8, 4) is 11.5 Å². The van der Waals surface area contributed by atoms with Crippen LogP contribution in [0.5, 0.6) is 11.5 Å². The number of rotatable bonds is 4. The Hall–Kier alpha value is -2.49. The molecule has 0 aliphatic rings. The van der Waals surface area contributed by atoms with Gasteiger partial charge in [-0.1, -0.05) is 32.9 Å². The largest absolute Gasteiger partial charge is 0.507 e. The predicted octanol–water partition coefficient (Wildman–Crippen LogP) is 4.28. The molecule has 2 aromatic rings. The summed E-state index contributed by atoms with van der Waals surface area (Å²) in [6.07, 6.45) is 0. The number of aromatic carboxylic acids is 1. The molecule has 0 saturated carbocycles. The van der Waals surface area contributed by atoms with Crippen LogP contribution in [0.4, 0.5) is 0 Å². The summed E-state index contributed by atoms with van der Waals surface area (Å²) in [6.45, 7) is 8.32. The Morgan fingerprint density at radius 2 is 1.74 bits per heavy atom. The topological polar surface area (TPSA) is 66.8 Å². The molecule has 0 saturated heterocycles. The lowest BCUT2D eigenvalue weighted by Crippen LogP contribution is -2.10. The first kappa shape index (κ1) is 16.9. The monoisotopic (exact) mass is 314 g/mol. The second-order valence-corrected chi connectivity index (χ2v) is 6.69. The molecule has 2 aromatic carbocycles. The van der Waals surface area contributed by atoms with Crippen LogP contribution in [0, 0.1) is 6.92 Å². The minimum Gasteiger partial charge on any atom is -0.507 e. The number of carbonyl (C=O) groups is 1. The van der Waals surface area contributed by atoms with E-state index in [9.17, 15) is 9.90 Å². The molecule has 2 rings (SSSR count). The summed E-state index contributed by atoms with van der Waals surface area (Å²) in [7, 11) is 0. The summed E-state index contributed by atoms with van der Waals surface area (Å²) in [5.74, 6) is -0.716. The van der Waals surface area contributed by atoms with Crippen LogP contribution < -0.4 is 4.74 Å². The maximum absolute atomic E-state index is 11.1. The fourth-order valence-corrected chi connectivity index (χ4v) is 2.34. The van der Waals surface area contributed by atoms with Crippen molar-refractivity contribution < 1.29 is 19.7 Å². The summed E-state index contributed by atoms with van der Waals surface area (Å²) in [5, 5.41) is 19.2. The summed E-state index contributed by atoms with van der Waals surface area (Å²) >= 11 is 0. The number of carboxylic acid groups (broad SMARTS) is 1. The zero-order chi connectivity index (χ0) is 17.2. The Labute approximate surface area is 136 Å². The Morgan fingerprint density at radius 1 is 1.13 bits per heavy atom. The van der Waals surface area contributed by atoms with Gasteiger partial charge in [0.25, 0.3) is 0 Å². The first-order valence-electron chi connectivity index (χ1n) is 7.47. The van der Waals surface area contributed by atoms with Crippen molar-refractivity contribution in [2.24, 2.45) is 0 Å². The minimum absolute atomic E-state index is 0.0731. The first-order valence-corrected chi connectivity index (χ1v) is 7.47. The maximum Gasteiger partial charge on any atom is 0.339 e. The molecule has 0 aliphatic carbocycles. The van der Waals surface area contributed by atoms with E-state index in [0.29, 0.717) is 11.3 Å². The number of hydrogen-bond acceptors (Lipinski definition) is 3. The fraction of sp³-hybridized carbons (Fsp3) is 0.316. The molecule has 0 unspecified atom stereocenters. The summed E-state index contributed by atoms with van der Waals surface area (Å²) < 4.78 is 5.68. The molecule has 23 heavy (non-hydrogen) atoms. The molecule has 0 atom stereocenters. The number of phenols is 1. The Kier molecular flexibility index (Phi) is 4.64. The SMILES string of the molecule is Cc1cc(COc2ccc(C(C)(C)C)cc2)c(O)c(C(=O)O)c1. The minimum atomic E-state index is -1.15. The van der Waals surface area contributed by atoms with Crippen molar-refractivity contribution >= 4 is 5.97 Å². The smallest absolute Gasteiger partial charge is 0.339 e. The number of hydrogen-bond donors (Lipinski definition) is 2. The molecular formula is C19H22O4. The van der Waals surface area contributed by atoms with Gasteiger partial charge in [-0.25, -0.2) is 4.79 Å².